The van der Waals surface area contributed by atoms with Crippen molar-refractivity contribution in [2.24, 2.45) is 7.05 Å². The standard InChI is InChI=1S/C20H23N3OS/c1-14-8-10-17(11-9-14)13-25-20-22-21-19(23(20)4)16(3)24-18-7-5-6-15(2)12-18/h5-12,16H,13H2,1-4H3. The Morgan fingerprint density at radius 1 is 1.04 bits per heavy atom. The quantitative estimate of drug-likeness (QED) is 0.593. The molecule has 0 aliphatic rings. The van der Waals surface area contributed by atoms with Crippen LogP contribution in [0.15, 0.2) is 53.7 Å². The minimum absolute atomic E-state index is 0.159. The normalized spacial score (nSPS) is 12.2. The number of aromatic nitrogens is 3. The van der Waals surface area contributed by atoms with E-state index in [1.807, 2.05) is 36.7 Å². The minimum Gasteiger partial charge on any atom is -0.483 e. The van der Waals surface area contributed by atoms with Crippen molar-refractivity contribution in [1.82, 2.24) is 14.8 Å². The highest BCUT2D eigenvalue weighted by Crippen LogP contribution is 2.26. The molecule has 2 aromatic carbocycles. The van der Waals surface area contributed by atoms with Crippen LogP contribution in [0.1, 0.15) is 35.5 Å². The zero-order valence-corrected chi connectivity index (χ0v) is 15.9. The Balaban J connectivity index is 1.66. The van der Waals surface area contributed by atoms with Crippen LogP contribution < -0.4 is 4.74 Å². The first-order valence-electron chi connectivity index (χ1n) is 8.34. The van der Waals surface area contributed by atoms with Crippen molar-refractivity contribution in [3.05, 3.63) is 71.0 Å². The van der Waals surface area contributed by atoms with Gasteiger partial charge in [0.1, 0.15) is 5.75 Å². The zero-order valence-electron chi connectivity index (χ0n) is 15.1. The van der Waals surface area contributed by atoms with Gasteiger partial charge in [-0.25, -0.2) is 0 Å². The highest BCUT2D eigenvalue weighted by Gasteiger charge is 2.17. The van der Waals surface area contributed by atoms with Crippen LogP contribution in [-0.4, -0.2) is 14.8 Å². The predicted octanol–water partition coefficient (Wildman–Crippen LogP) is 4.86. The van der Waals surface area contributed by atoms with E-state index in [0.29, 0.717) is 0 Å². The van der Waals surface area contributed by atoms with E-state index in [1.54, 1.807) is 11.8 Å². The summed E-state index contributed by atoms with van der Waals surface area (Å²) in [4.78, 5) is 0. The highest BCUT2D eigenvalue weighted by molar-refractivity contribution is 7.98. The van der Waals surface area contributed by atoms with E-state index >= 15 is 0 Å². The van der Waals surface area contributed by atoms with Gasteiger partial charge in [-0.2, -0.15) is 0 Å². The number of nitrogens with zero attached hydrogens (tertiary/aromatic N) is 3. The smallest absolute Gasteiger partial charge is 0.191 e. The van der Waals surface area contributed by atoms with Crippen molar-refractivity contribution in [3.63, 3.8) is 0 Å². The fraction of sp³-hybridized carbons (Fsp3) is 0.300. The van der Waals surface area contributed by atoms with Gasteiger partial charge in [0.05, 0.1) is 0 Å². The van der Waals surface area contributed by atoms with Crippen molar-refractivity contribution >= 4 is 11.8 Å². The Kier molecular flexibility index (Phi) is 5.43. The number of aryl methyl sites for hydroxylation is 2. The molecule has 0 saturated carbocycles. The van der Waals surface area contributed by atoms with Gasteiger partial charge < -0.3 is 9.30 Å². The maximum Gasteiger partial charge on any atom is 0.191 e. The van der Waals surface area contributed by atoms with Crippen LogP contribution in [0.2, 0.25) is 0 Å². The molecule has 1 aromatic heterocycles. The summed E-state index contributed by atoms with van der Waals surface area (Å²) in [5.41, 5.74) is 3.73. The zero-order chi connectivity index (χ0) is 17.8. The van der Waals surface area contributed by atoms with Gasteiger partial charge in [-0.3, -0.25) is 0 Å². The lowest BCUT2D eigenvalue weighted by Crippen LogP contribution is -2.10. The third-order valence-electron chi connectivity index (χ3n) is 4.02. The van der Waals surface area contributed by atoms with Crippen LogP contribution in [0.5, 0.6) is 5.75 Å². The molecule has 1 unspecified atom stereocenters. The number of benzene rings is 2. The van der Waals surface area contributed by atoms with E-state index in [4.69, 9.17) is 4.74 Å². The lowest BCUT2D eigenvalue weighted by atomic mass is 10.2. The van der Waals surface area contributed by atoms with Gasteiger partial charge in [0, 0.05) is 12.8 Å². The number of hydrogen-bond donors (Lipinski definition) is 0. The van der Waals surface area contributed by atoms with Crippen molar-refractivity contribution < 1.29 is 4.74 Å². The Labute approximate surface area is 153 Å². The van der Waals surface area contributed by atoms with Gasteiger partial charge in [-0.05, 0) is 44.0 Å². The summed E-state index contributed by atoms with van der Waals surface area (Å²) in [6, 6.07) is 16.6. The molecule has 1 heterocycles. The molecule has 3 rings (SSSR count). The second-order valence-corrected chi connectivity index (χ2v) is 7.19. The number of thioether (sulfide) groups is 1. The van der Waals surface area contributed by atoms with Gasteiger partial charge in [0.15, 0.2) is 17.1 Å². The number of hydrogen-bond acceptors (Lipinski definition) is 4. The molecular formula is C20H23N3OS. The summed E-state index contributed by atoms with van der Waals surface area (Å²) in [6.07, 6.45) is -0.159. The minimum atomic E-state index is -0.159. The van der Waals surface area contributed by atoms with Crippen LogP contribution in [0.3, 0.4) is 0 Å². The van der Waals surface area contributed by atoms with E-state index < -0.39 is 0 Å². The maximum atomic E-state index is 6.02. The Morgan fingerprint density at radius 3 is 2.52 bits per heavy atom. The van der Waals surface area contributed by atoms with E-state index in [9.17, 15) is 0 Å². The molecule has 3 aromatic rings. The van der Waals surface area contributed by atoms with E-state index in [-0.39, 0.29) is 6.10 Å². The van der Waals surface area contributed by atoms with E-state index in [0.717, 1.165) is 22.5 Å². The van der Waals surface area contributed by atoms with E-state index in [2.05, 4.69) is 54.4 Å². The van der Waals surface area contributed by atoms with Crippen LogP contribution in [0.25, 0.3) is 0 Å². The van der Waals surface area contributed by atoms with Gasteiger partial charge >= 0.3 is 0 Å². The summed E-state index contributed by atoms with van der Waals surface area (Å²) in [5, 5.41) is 9.55. The summed E-state index contributed by atoms with van der Waals surface area (Å²) in [6.45, 7) is 6.15. The molecule has 0 saturated heterocycles. The van der Waals surface area contributed by atoms with E-state index in [1.165, 1.54) is 16.7 Å². The first-order valence-corrected chi connectivity index (χ1v) is 9.32. The molecule has 0 aliphatic heterocycles. The molecule has 5 heteroatoms. The van der Waals surface area contributed by atoms with Crippen LogP contribution in [0.4, 0.5) is 0 Å². The van der Waals surface area contributed by atoms with Gasteiger partial charge in [0.2, 0.25) is 0 Å². The van der Waals surface area contributed by atoms with Crippen molar-refractivity contribution in [3.8, 4) is 5.75 Å². The average Bonchev–Trinajstić information content (AvgIpc) is 2.95. The molecule has 25 heavy (non-hydrogen) atoms. The molecule has 0 fully saturated rings. The number of ether oxygens (including phenoxy) is 1. The van der Waals surface area contributed by atoms with Gasteiger partial charge in [-0.1, -0.05) is 53.7 Å². The Hall–Kier alpha value is -2.27. The van der Waals surface area contributed by atoms with Crippen LogP contribution in [0, 0.1) is 13.8 Å². The summed E-state index contributed by atoms with van der Waals surface area (Å²) in [7, 11) is 1.99. The number of rotatable bonds is 6. The predicted molar refractivity (Wildman–Crippen MR) is 102 cm³/mol. The Morgan fingerprint density at radius 2 is 1.80 bits per heavy atom. The van der Waals surface area contributed by atoms with Gasteiger partial charge in [0.25, 0.3) is 0 Å². The lowest BCUT2D eigenvalue weighted by Gasteiger charge is -2.14. The molecular weight excluding hydrogens is 330 g/mol. The Bertz CT molecular complexity index is 842. The third kappa shape index (κ3) is 4.42. The average molecular weight is 353 g/mol. The topological polar surface area (TPSA) is 39.9 Å². The molecule has 0 N–H and O–H groups in total. The third-order valence-corrected chi connectivity index (χ3v) is 5.11. The molecule has 0 aliphatic carbocycles. The first-order chi connectivity index (χ1) is 12.0. The fourth-order valence-corrected chi connectivity index (χ4v) is 3.46. The monoisotopic (exact) mass is 353 g/mol. The molecule has 0 radical (unpaired) electrons. The molecule has 0 amide bonds. The molecule has 0 spiro atoms. The van der Waals surface area contributed by atoms with Crippen molar-refractivity contribution in [2.45, 2.75) is 37.8 Å². The van der Waals surface area contributed by atoms with Gasteiger partial charge in [-0.15, -0.1) is 10.2 Å². The highest BCUT2D eigenvalue weighted by atomic mass is 32.2. The molecule has 0 bridgehead atoms. The molecule has 1 atom stereocenters. The lowest BCUT2D eigenvalue weighted by molar-refractivity contribution is 0.211. The molecule has 130 valence electrons. The second-order valence-electron chi connectivity index (χ2n) is 6.25. The summed E-state index contributed by atoms with van der Waals surface area (Å²) >= 11 is 1.69. The maximum absolute atomic E-state index is 6.02. The SMILES string of the molecule is Cc1ccc(CSc2nnc(C(C)Oc3cccc(C)c3)n2C)cc1. The van der Waals surface area contributed by atoms with Crippen molar-refractivity contribution in [2.75, 3.05) is 0 Å². The van der Waals surface area contributed by atoms with Crippen LogP contribution >= 0.6 is 11.8 Å². The molecule has 4 nitrogen and oxygen atoms in total. The summed E-state index contributed by atoms with van der Waals surface area (Å²) in [5.74, 6) is 2.55. The largest absolute Gasteiger partial charge is 0.483 e. The van der Waals surface area contributed by atoms with Crippen LogP contribution in [-0.2, 0) is 12.8 Å². The van der Waals surface area contributed by atoms with Crippen molar-refractivity contribution in [1.29, 1.82) is 0 Å². The fourth-order valence-electron chi connectivity index (χ4n) is 2.58. The second kappa shape index (κ2) is 7.74. The summed E-state index contributed by atoms with van der Waals surface area (Å²) < 4.78 is 8.03. The first kappa shape index (κ1) is 17.5.